The number of anilines is 1. The molecular formula is C20H15Cl2NO2. The summed E-state index contributed by atoms with van der Waals surface area (Å²) in [5.74, 6) is 0.888. The second-order valence-corrected chi connectivity index (χ2v) is 6.32. The molecule has 0 atom stereocenters. The highest BCUT2D eigenvalue weighted by Gasteiger charge is 2.10. The van der Waals surface area contributed by atoms with E-state index in [1.807, 2.05) is 37.3 Å². The molecule has 3 aromatic carbocycles. The molecule has 0 saturated carbocycles. The zero-order valence-corrected chi connectivity index (χ0v) is 14.9. The molecule has 0 aliphatic heterocycles. The van der Waals surface area contributed by atoms with Crippen LogP contribution in [0.2, 0.25) is 10.0 Å². The average Bonchev–Trinajstić information content (AvgIpc) is 2.61. The van der Waals surface area contributed by atoms with E-state index in [4.69, 9.17) is 27.9 Å². The number of ether oxygens (including phenoxy) is 1. The van der Waals surface area contributed by atoms with Crippen molar-refractivity contribution < 1.29 is 9.53 Å². The number of rotatable bonds is 4. The molecule has 0 aromatic heterocycles. The predicted octanol–water partition coefficient (Wildman–Crippen LogP) is 6.35. The number of aryl methyl sites for hydroxylation is 1. The number of halogens is 2. The van der Waals surface area contributed by atoms with Crippen LogP contribution >= 0.6 is 23.2 Å². The lowest BCUT2D eigenvalue weighted by Gasteiger charge is -2.12. The van der Waals surface area contributed by atoms with Gasteiger partial charge in [-0.25, -0.2) is 0 Å². The first-order chi connectivity index (χ1) is 12.0. The first kappa shape index (κ1) is 17.3. The van der Waals surface area contributed by atoms with E-state index >= 15 is 0 Å². The molecule has 126 valence electrons. The summed E-state index contributed by atoms with van der Waals surface area (Å²) in [7, 11) is 0. The molecule has 0 saturated heterocycles. The molecule has 1 N–H and O–H groups in total. The fraction of sp³-hybridized carbons (Fsp3) is 0.0500. The Labute approximate surface area is 156 Å². The Morgan fingerprint density at radius 3 is 2.44 bits per heavy atom. The molecule has 3 rings (SSSR count). The SMILES string of the molecule is Cc1ccc(Oc2ccc(Cl)cc2Cl)cc1NC(=O)c1ccccc1. The van der Waals surface area contributed by atoms with E-state index < -0.39 is 0 Å². The van der Waals surface area contributed by atoms with Crippen molar-refractivity contribution in [1.29, 1.82) is 0 Å². The maximum atomic E-state index is 12.3. The van der Waals surface area contributed by atoms with E-state index in [1.165, 1.54) is 0 Å². The molecule has 3 nitrogen and oxygen atoms in total. The summed E-state index contributed by atoms with van der Waals surface area (Å²) in [5, 5.41) is 3.86. The Balaban J connectivity index is 1.82. The van der Waals surface area contributed by atoms with E-state index in [-0.39, 0.29) is 5.91 Å². The first-order valence-electron chi connectivity index (χ1n) is 7.63. The van der Waals surface area contributed by atoms with Crippen LogP contribution in [0.4, 0.5) is 5.69 Å². The van der Waals surface area contributed by atoms with Crippen molar-refractivity contribution in [3.05, 3.63) is 87.9 Å². The second kappa shape index (κ2) is 7.60. The summed E-state index contributed by atoms with van der Waals surface area (Å²) < 4.78 is 5.81. The number of nitrogens with one attached hydrogen (secondary N) is 1. The van der Waals surface area contributed by atoms with E-state index in [0.29, 0.717) is 32.8 Å². The first-order valence-corrected chi connectivity index (χ1v) is 8.38. The minimum absolute atomic E-state index is 0.176. The molecule has 0 aliphatic rings. The molecule has 1 amide bonds. The van der Waals surface area contributed by atoms with E-state index in [9.17, 15) is 4.79 Å². The van der Waals surface area contributed by atoms with Crippen LogP contribution in [-0.2, 0) is 0 Å². The highest BCUT2D eigenvalue weighted by molar-refractivity contribution is 6.35. The van der Waals surface area contributed by atoms with Gasteiger partial charge in [-0.15, -0.1) is 0 Å². The summed E-state index contributed by atoms with van der Waals surface area (Å²) in [4.78, 5) is 12.3. The van der Waals surface area contributed by atoms with E-state index in [2.05, 4.69) is 5.32 Å². The number of amides is 1. The van der Waals surface area contributed by atoms with Crippen LogP contribution in [0.5, 0.6) is 11.5 Å². The van der Waals surface area contributed by atoms with Crippen molar-refractivity contribution in [1.82, 2.24) is 0 Å². The van der Waals surface area contributed by atoms with Crippen LogP contribution in [0.1, 0.15) is 15.9 Å². The van der Waals surface area contributed by atoms with Gasteiger partial charge in [0.25, 0.3) is 5.91 Å². The fourth-order valence-electron chi connectivity index (χ4n) is 2.27. The summed E-state index contributed by atoms with van der Waals surface area (Å²) in [6.45, 7) is 1.92. The van der Waals surface area contributed by atoms with Gasteiger partial charge in [0.1, 0.15) is 11.5 Å². The zero-order valence-electron chi connectivity index (χ0n) is 13.4. The topological polar surface area (TPSA) is 38.3 Å². The van der Waals surface area contributed by atoms with Gasteiger partial charge in [-0.1, -0.05) is 47.5 Å². The lowest BCUT2D eigenvalue weighted by Crippen LogP contribution is -2.12. The third-order valence-electron chi connectivity index (χ3n) is 3.61. The number of benzene rings is 3. The van der Waals surface area contributed by atoms with Crippen LogP contribution in [-0.4, -0.2) is 5.91 Å². The summed E-state index contributed by atoms with van der Waals surface area (Å²) in [6, 6.07) is 19.5. The number of carbonyl (C=O) groups excluding carboxylic acids is 1. The van der Waals surface area contributed by atoms with Gasteiger partial charge < -0.3 is 10.1 Å². The lowest BCUT2D eigenvalue weighted by molar-refractivity contribution is 0.102. The average molecular weight is 372 g/mol. The summed E-state index contributed by atoms with van der Waals surface area (Å²) >= 11 is 12.0. The van der Waals surface area contributed by atoms with Gasteiger partial charge in [0.2, 0.25) is 0 Å². The second-order valence-electron chi connectivity index (χ2n) is 5.47. The monoisotopic (exact) mass is 371 g/mol. The molecule has 0 bridgehead atoms. The quantitative estimate of drug-likeness (QED) is 0.580. The van der Waals surface area contributed by atoms with Gasteiger partial charge in [0, 0.05) is 22.3 Å². The molecule has 0 unspecified atom stereocenters. The van der Waals surface area contributed by atoms with Gasteiger partial charge in [-0.3, -0.25) is 4.79 Å². The van der Waals surface area contributed by atoms with Crippen LogP contribution in [0.3, 0.4) is 0 Å². The molecular weight excluding hydrogens is 357 g/mol. The van der Waals surface area contributed by atoms with Crippen LogP contribution in [0.25, 0.3) is 0 Å². The Morgan fingerprint density at radius 2 is 1.72 bits per heavy atom. The minimum atomic E-state index is -0.176. The Morgan fingerprint density at radius 1 is 0.960 bits per heavy atom. The predicted molar refractivity (Wildman–Crippen MR) is 102 cm³/mol. The van der Waals surface area contributed by atoms with Crippen molar-refractivity contribution in [2.45, 2.75) is 6.92 Å². The Kier molecular flexibility index (Phi) is 5.27. The summed E-state index contributed by atoms with van der Waals surface area (Å²) in [6.07, 6.45) is 0. The van der Waals surface area contributed by atoms with Gasteiger partial charge in [0.05, 0.1) is 5.02 Å². The van der Waals surface area contributed by atoms with Gasteiger partial charge in [-0.2, -0.15) is 0 Å². The number of hydrogen-bond donors (Lipinski definition) is 1. The normalized spacial score (nSPS) is 10.4. The molecule has 3 aromatic rings. The highest BCUT2D eigenvalue weighted by Crippen LogP contribution is 2.33. The molecule has 5 heteroatoms. The lowest BCUT2D eigenvalue weighted by atomic mass is 10.1. The Hall–Kier alpha value is -2.49. The maximum absolute atomic E-state index is 12.3. The number of carbonyl (C=O) groups is 1. The highest BCUT2D eigenvalue weighted by atomic mass is 35.5. The molecule has 0 spiro atoms. The summed E-state index contributed by atoms with van der Waals surface area (Å²) in [5.41, 5.74) is 2.20. The smallest absolute Gasteiger partial charge is 0.255 e. The molecule has 25 heavy (non-hydrogen) atoms. The van der Waals surface area contributed by atoms with Crippen LogP contribution in [0.15, 0.2) is 66.7 Å². The third-order valence-corrected chi connectivity index (χ3v) is 4.15. The number of hydrogen-bond acceptors (Lipinski definition) is 2. The standard InChI is InChI=1S/C20H15Cl2NO2/c1-13-7-9-16(25-19-10-8-15(21)11-17(19)22)12-18(13)23-20(24)14-5-3-2-4-6-14/h2-12H,1H3,(H,23,24). The molecule has 0 aliphatic carbocycles. The van der Waals surface area contributed by atoms with Crippen molar-refractivity contribution in [3.8, 4) is 11.5 Å². The van der Waals surface area contributed by atoms with Crippen LogP contribution in [0, 0.1) is 6.92 Å². The zero-order chi connectivity index (χ0) is 17.8. The molecule has 0 radical (unpaired) electrons. The van der Waals surface area contributed by atoms with E-state index in [1.54, 1.807) is 36.4 Å². The fourth-order valence-corrected chi connectivity index (χ4v) is 2.72. The largest absolute Gasteiger partial charge is 0.456 e. The minimum Gasteiger partial charge on any atom is -0.456 e. The Bertz CT molecular complexity index is 911. The third kappa shape index (κ3) is 4.32. The van der Waals surface area contributed by atoms with Gasteiger partial charge >= 0.3 is 0 Å². The maximum Gasteiger partial charge on any atom is 0.255 e. The van der Waals surface area contributed by atoms with Crippen molar-refractivity contribution in [3.63, 3.8) is 0 Å². The van der Waals surface area contributed by atoms with E-state index in [0.717, 1.165) is 5.56 Å². The van der Waals surface area contributed by atoms with Crippen LogP contribution < -0.4 is 10.1 Å². The van der Waals surface area contributed by atoms with Crippen molar-refractivity contribution in [2.75, 3.05) is 5.32 Å². The van der Waals surface area contributed by atoms with Crippen molar-refractivity contribution >= 4 is 34.8 Å². The van der Waals surface area contributed by atoms with Crippen molar-refractivity contribution in [2.24, 2.45) is 0 Å². The molecule has 0 heterocycles. The van der Waals surface area contributed by atoms with Gasteiger partial charge in [-0.05, 0) is 48.9 Å². The molecule has 0 fully saturated rings. The van der Waals surface area contributed by atoms with Gasteiger partial charge in [0.15, 0.2) is 0 Å².